The first kappa shape index (κ1) is 21.6. The summed E-state index contributed by atoms with van der Waals surface area (Å²) >= 11 is 1.30. The van der Waals surface area contributed by atoms with Crippen LogP contribution in [-0.2, 0) is 9.53 Å². The number of hydrogen-bond acceptors (Lipinski definition) is 5. The minimum absolute atomic E-state index is 0.147. The van der Waals surface area contributed by atoms with Crippen LogP contribution in [0.4, 0.5) is 5.00 Å². The van der Waals surface area contributed by atoms with Crippen molar-refractivity contribution in [2.24, 2.45) is 0 Å². The molecule has 1 heterocycles. The highest BCUT2D eigenvalue weighted by atomic mass is 32.1. The molecule has 2 aromatic carbocycles. The van der Waals surface area contributed by atoms with Crippen molar-refractivity contribution in [1.29, 1.82) is 0 Å². The molecule has 3 aromatic rings. The van der Waals surface area contributed by atoms with E-state index in [0.717, 1.165) is 27.8 Å². The van der Waals surface area contributed by atoms with Gasteiger partial charge in [0.1, 0.15) is 16.3 Å². The van der Waals surface area contributed by atoms with E-state index in [2.05, 4.69) is 5.32 Å². The molecule has 0 fully saturated rings. The molecule has 0 saturated heterocycles. The van der Waals surface area contributed by atoms with Gasteiger partial charge in [-0.1, -0.05) is 48.0 Å². The Morgan fingerprint density at radius 2 is 1.70 bits per heavy atom. The maximum Gasteiger partial charge on any atom is 0.341 e. The molecule has 0 spiro atoms. The summed E-state index contributed by atoms with van der Waals surface area (Å²) in [5, 5.41) is 5.12. The number of amides is 1. The number of carbonyl (C=O) groups is 2. The Labute approximate surface area is 180 Å². The Kier molecular flexibility index (Phi) is 6.90. The summed E-state index contributed by atoms with van der Waals surface area (Å²) < 4.78 is 11.0. The van der Waals surface area contributed by atoms with Crippen LogP contribution in [0.2, 0.25) is 0 Å². The molecule has 0 aliphatic rings. The molecule has 0 radical (unpaired) electrons. The van der Waals surface area contributed by atoms with Gasteiger partial charge >= 0.3 is 5.97 Å². The highest BCUT2D eigenvalue weighted by molar-refractivity contribution is 7.15. The van der Waals surface area contributed by atoms with Crippen molar-refractivity contribution >= 4 is 28.2 Å². The highest BCUT2D eigenvalue weighted by Crippen LogP contribution is 2.36. The number of thiophene rings is 1. The molecule has 5 nitrogen and oxygen atoms in total. The molecule has 30 heavy (non-hydrogen) atoms. The van der Waals surface area contributed by atoms with E-state index in [-0.39, 0.29) is 19.1 Å². The predicted molar refractivity (Wildman–Crippen MR) is 120 cm³/mol. The zero-order valence-corrected chi connectivity index (χ0v) is 18.4. The lowest BCUT2D eigenvalue weighted by atomic mass is 10.0. The summed E-state index contributed by atoms with van der Waals surface area (Å²) in [7, 11) is 0. The molecule has 0 unspecified atom stereocenters. The van der Waals surface area contributed by atoms with E-state index in [0.29, 0.717) is 16.3 Å². The molecular formula is C24H25NO4S. The first-order chi connectivity index (χ1) is 14.4. The van der Waals surface area contributed by atoms with E-state index < -0.39 is 5.97 Å². The van der Waals surface area contributed by atoms with Crippen LogP contribution < -0.4 is 10.1 Å². The lowest BCUT2D eigenvalue weighted by molar-refractivity contribution is -0.118. The number of nitrogens with one attached hydrogen (secondary N) is 1. The number of hydrogen-bond donors (Lipinski definition) is 1. The molecule has 1 aromatic heterocycles. The quantitative estimate of drug-likeness (QED) is 0.507. The number of anilines is 1. The standard InChI is InChI=1S/C24H25NO4S/c1-5-28-24(27)21-19(18-9-7-6-8-10-18)14-30-23(21)25-20(26)13-29-22-16(3)11-15(2)12-17(22)4/h6-12,14H,5,13H2,1-4H3,(H,25,26). The van der Waals surface area contributed by atoms with Crippen LogP contribution in [0.15, 0.2) is 47.8 Å². The zero-order valence-electron chi connectivity index (χ0n) is 17.6. The average Bonchev–Trinajstić information content (AvgIpc) is 3.11. The summed E-state index contributed by atoms with van der Waals surface area (Å²) in [6.07, 6.45) is 0. The fourth-order valence-corrected chi connectivity index (χ4v) is 4.35. The Morgan fingerprint density at radius 1 is 1.03 bits per heavy atom. The molecule has 0 saturated carbocycles. The summed E-state index contributed by atoms with van der Waals surface area (Å²) in [6, 6.07) is 13.6. The predicted octanol–water partition coefficient (Wildman–Crippen LogP) is 5.53. The van der Waals surface area contributed by atoms with E-state index in [1.165, 1.54) is 11.3 Å². The summed E-state index contributed by atoms with van der Waals surface area (Å²) in [6.45, 7) is 7.80. The topological polar surface area (TPSA) is 64.6 Å². The number of esters is 1. The van der Waals surface area contributed by atoms with Gasteiger partial charge in [0, 0.05) is 10.9 Å². The highest BCUT2D eigenvalue weighted by Gasteiger charge is 2.23. The summed E-state index contributed by atoms with van der Waals surface area (Å²) in [4.78, 5) is 25.2. The fraction of sp³-hybridized carbons (Fsp3) is 0.250. The average molecular weight is 424 g/mol. The minimum atomic E-state index is -0.459. The molecule has 0 bridgehead atoms. The normalized spacial score (nSPS) is 10.5. The van der Waals surface area contributed by atoms with Crippen molar-refractivity contribution in [1.82, 2.24) is 0 Å². The fourth-order valence-electron chi connectivity index (χ4n) is 3.38. The van der Waals surface area contributed by atoms with Gasteiger partial charge < -0.3 is 14.8 Å². The van der Waals surface area contributed by atoms with Gasteiger partial charge in [-0.05, 0) is 44.4 Å². The Hall–Kier alpha value is -3.12. The number of rotatable bonds is 7. The van der Waals surface area contributed by atoms with Crippen molar-refractivity contribution in [3.05, 3.63) is 70.1 Å². The van der Waals surface area contributed by atoms with Gasteiger partial charge in [0.15, 0.2) is 6.61 Å². The maximum atomic E-state index is 12.6. The van der Waals surface area contributed by atoms with Crippen LogP contribution in [0.25, 0.3) is 11.1 Å². The second-order valence-electron chi connectivity index (χ2n) is 7.00. The Morgan fingerprint density at radius 3 is 2.33 bits per heavy atom. The second kappa shape index (κ2) is 9.59. The number of ether oxygens (including phenoxy) is 2. The van der Waals surface area contributed by atoms with E-state index in [1.54, 1.807) is 6.92 Å². The summed E-state index contributed by atoms with van der Waals surface area (Å²) in [5.41, 5.74) is 5.10. The molecule has 0 aliphatic carbocycles. The Balaban J connectivity index is 1.80. The minimum Gasteiger partial charge on any atom is -0.483 e. The third-order valence-electron chi connectivity index (χ3n) is 4.56. The van der Waals surface area contributed by atoms with Crippen molar-refractivity contribution in [2.45, 2.75) is 27.7 Å². The third-order valence-corrected chi connectivity index (χ3v) is 5.46. The lowest BCUT2D eigenvalue weighted by Gasteiger charge is -2.13. The molecule has 1 N–H and O–H groups in total. The van der Waals surface area contributed by atoms with Gasteiger partial charge in [0.2, 0.25) is 0 Å². The van der Waals surface area contributed by atoms with Gasteiger partial charge in [-0.25, -0.2) is 4.79 Å². The Bertz CT molecular complexity index is 1030. The molecule has 3 rings (SSSR count). The van der Waals surface area contributed by atoms with Crippen molar-refractivity contribution in [3.63, 3.8) is 0 Å². The van der Waals surface area contributed by atoms with Gasteiger partial charge in [0.05, 0.1) is 6.61 Å². The van der Waals surface area contributed by atoms with Gasteiger partial charge in [-0.3, -0.25) is 4.79 Å². The van der Waals surface area contributed by atoms with Crippen LogP contribution in [0.5, 0.6) is 5.75 Å². The van der Waals surface area contributed by atoms with Crippen LogP contribution in [0.3, 0.4) is 0 Å². The number of carbonyl (C=O) groups excluding carboxylic acids is 2. The lowest BCUT2D eigenvalue weighted by Crippen LogP contribution is -2.21. The van der Waals surface area contributed by atoms with Crippen LogP contribution in [-0.4, -0.2) is 25.1 Å². The largest absolute Gasteiger partial charge is 0.483 e. The van der Waals surface area contributed by atoms with Crippen molar-refractivity contribution in [2.75, 3.05) is 18.5 Å². The maximum absolute atomic E-state index is 12.6. The zero-order chi connectivity index (χ0) is 21.7. The monoisotopic (exact) mass is 423 g/mol. The van der Waals surface area contributed by atoms with Gasteiger partial charge in [-0.15, -0.1) is 11.3 Å². The summed E-state index contributed by atoms with van der Waals surface area (Å²) in [5.74, 6) is -0.0852. The van der Waals surface area contributed by atoms with Crippen LogP contribution in [0.1, 0.15) is 34.0 Å². The molecule has 1 amide bonds. The molecule has 0 atom stereocenters. The SMILES string of the molecule is CCOC(=O)c1c(-c2ccccc2)csc1NC(=O)COc1c(C)cc(C)cc1C. The van der Waals surface area contributed by atoms with E-state index in [9.17, 15) is 9.59 Å². The first-order valence-corrected chi connectivity index (χ1v) is 10.6. The first-order valence-electron chi connectivity index (χ1n) is 9.75. The smallest absolute Gasteiger partial charge is 0.341 e. The van der Waals surface area contributed by atoms with E-state index in [4.69, 9.17) is 9.47 Å². The second-order valence-corrected chi connectivity index (χ2v) is 7.88. The molecule has 0 aliphatic heterocycles. The molecule has 156 valence electrons. The van der Waals surface area contributed by atoms with Crippen molar-refractivity contribution < 1.29 is 19.1 Å². The van der Waals surface area contributed by atoms with Crippen LogP contribution in [0, 0.1) is 20.8 Å². The van der Waals surface area contributed by atoms with Gasteiger partial charge in [0.25, 0.3) is 5.91 Å². The van der Waals surface area contributed by atoms with Gasteiger partial charge in [-0.2, -0.15) is 0 Å². The molecule has 6 heteroatoms. The van der Waals surface area contributed by atoms with Crippen molar-refractivity contribution in [3.8, 4) is 16.9 Å². The molecular weight excluding hydrogens is 398 g/mol. The van der Waals surface area contributed by atoms with E-state index in [1.807, 2.05) is 68.6 Å². The number of benzene rings is 2. The third kappa shape index (κ3) is 4.89. The van der Waals surface area contributed by atoms with Crippen LogP contribution >= 0.6 is 11.3 Å². The van der Waals surface area contributed by atoms with E-state index >= 15 is 0 Å². The number of aryl methyl sites for hydroxylation is 3.